The molecular weight excluding hydrogens is 334 g/mol. The highest BCUT2D eigenvalue weighted by Crippen LogP contribution is 2.23. The Hall–Kier alpha value is -3.87. The average molecular weight is 349 g/mol. The van der Waals surface area contributed by atoms with Crippen LogP contribution in [0.25, 0.3) is 0 Å². The van der Waals surface area contributed by atoms with Crippen molar-refractivity contribution in [1.29, 1.82) is 0 Å². The maximum Gasteiger partial charge on any atom is 0.335 e. The highest BCUT2D eigenvalue weighted by Gasteiger charge is 2.05. The molecule has 0 aliphatic heterocycles. The normalized spacial score (nSPS) is 10.0. The Morgan fingerprint density at radius 1 is 0.846 bits per heavy atom. The lowest BCUT2D eigenvalue weighted by atomic mass is 10.2. The molecule has 3 aromatic rings. The van der Waals surface area contributed by atoms with E-state index in [4.69, 9.17) is 9.84 Å². The Kier molecular flexibility index (Phi) is 5.09. The van der Waals surface area contributed by atoms with Crippen LogP contribution in [0.2, 0.25) is 0 Å². The fourth-order valence-electron chi connectivity index (χ4n) is 2.12. The lowest BCUT2D eigenvalue weighted by Crippen LogP contribution is -2.19. The number of pyridine rings is 1. The topological polar surface area (TPSA) is 101 Å². The first-order chi connectivity index (χ1) is 12.6. The molecule has 0 aliphatic carbocycles. The summed E-state index contributed by atoms with van der Waals surface area (Å²) in [7, 11) is 0. The molecule has 0 bridgehead atoms. The van der Waals surface area contributed by atoms with Gasteiger partial charge in [-0.3, -0.25) is 5.32 Å². The molecule has 0 atom stereocenters. The molecule has 26 heavy (non-hydrogen) atoms. The lowest BCUT2D eigenvalue weighted by Gasteiger charge is -2.09. The predicted octanol–water partition coefficient (Wildman–Crippen LogP) is 4.22. The van der Waals surface area contributed by atoms with Gasteiger partial charge in [0.15, 0.2) is 0 Å². The summed E-state index contributed by atoms with van der Waals surface area (Å²) in [6.07, 6.45) is 1.59. The summed E-state index contributed by atoms with van der Waals surface area (Å²) in [5, 5.41) is 14.2. The van der Waals surface area contributed by atoms with Crippen LogP contribution in [-0.4, -0.2) is 22.1 Å². The van der Waals surface area contributed by atoms with Gasteiger partial charge >= 0.3 is 12.0 Å². The van der Waals surface area contributed by atoms with Gasteiger partial charge in [0.1, 0.15) is 17.3 Å². The molecule has 0 saturated carbocycles. The van der Waals surface area contributed by atoms with E-state index in [-0.39, 0.29) is 5.56 Å². The van der Waals surface area contributed by atoms with Gasteiger partial charge < -0.3 is 15.2 Å². The number of hydrogen-bond acceptors (Lipinski definition) is 4. The number of ether oxygens (including phenoxy) is 1. The summed E-state index contributed by atoms with van der Waals surface area (Å²) >= 11 is 0. The van der Waals surface area contributed by atoms with Crippen LogP contribution in [0.5, 0.6) is 11.5 Å². The number of aromatic nitrogens is 1. The molecule has 1 heterocycles. The number of rotatable bonds is 5. The smallest absolute Gasteiger partial charge is 0.335 e. The fourth-order valence-corrected chi connectivity index (χ4v) is 2.12. The van der Waals surface area contributed by atoms with Gasteiger partial charge in [0.25, 0.3) is 0 Å². The number of carbonyl (C=O) groups is 2. The molecule has 2 amide bonds. The Balaban J connectivity index is 1.57. The number of amides is 2. The SMILES string of the molecule is O=C(Nc1ccc(Oc2ccc(C(=O)O)cc2)cc1)Nc1ccccn1. The summed E-state index contributed by atoms with van der Waals surface area (Å²) in [4.78, 5) is 26.7. The second kappa shape index (κ2) is 7.80. The molecular formula is C19H15N3O4. The van der Waals surface area contributed by atoms with Crippen molar-refractivity contribution in [1.82, 2.24) is 4.98 Å². The molecule has 2 aromatic carbocycles. The predicted molar refractivity (Wildman–Crippen MR) is 96.8 cm³/mol. The van der Waals surface area contributed by atoms with Crippen molar-refractivity contribution >= 4 is 23.5 Å². The van der Waals surface area contributed by atoms with E-state index in [1.165, 1.54) is 12.1 Å². The summed E-state index contributed by atoms with van der Waals surface area (Å²) in [5.74, 6) is 0.540. The van der Waals surface area contributed by atoms with Crippen molar-refractivity contribution in [2.45, 2.75) is 0 Å². The molecule has 3 N–H and O–H groups in total. The first-order valence-corrected chi connectivity index (χ1v) is 7.70. The lowest BCUT2D eigenvalue weighted by molar-refractivity contribution is 0.0697. The number of anilines is 2. The van der Waals surface area contributed by atoms with E-state index in [1.54, 1.807) is 60.8 Å². The van der Waals surface area contributed by atoms with Crippen LogP contribution >= 0.6 is 0 Å². The molecule has 7 heteroatoms. The van der Waals surface area contributed by atoms with Crippen LogP contribution in [0.3, 0.4) is 0 Å². The van der Waals surface area contributed by atoms with Crippen molar-refractivity contribution in [2.75, 3.05) is 10.6 Å². The van der Waals surface area contributed by atoms with Gasteiger partial charge in [0.2, 0.25) is 0 Å². The first kappa shape index (κ1) is 17.0. The summed E-state index contributed by atoms with van der Waals surface area (Å²) in [5.41, 5.74) is 0.780. The van der Waals surface area contributed by atoms with E-state index >= 15 is 0 Å². The zero-order valence-corrected chi connectivity index (χ0v) is 13.5. The third-order valence-electron chi connectivity index (χ3n) is 3.36. The maximum absolute atomic E-state index is 11.9. The maximum atomic E-state index is 11.9. The minimum Gasteiger partial charge on any atom is -0.478 e. The van der Waals surface area contributed by atoms with Crippen molar-refractivity contribution in [2.24, 2.45) is 0 Å². The minimum atomic E-state index is -0.990. The van der Waals surface area contributed by atoms with E-state index in [2.05, 4.69) is 15.6 Å². The van der Waals surface area contributed by atoms with Crippen molar-refractivity contribution in [3.05, 3.63) is 78.5 Å². The summed E-state index contributed by atoms with van der Waals surface area (Å²) in [6, 6.07) is 17.7. The van der Waals surface area contributed by atoms with E-state index in [9.17, 15) is 9.59 Å². The van der Waals surface area contributed by atoms with Gasteiger partial charge in [-0.1, -0.05) is 6.07 Å². The third kappa shape index (κ3) is 4.57. The van der Waals surface area contributed by atoms with Gasteiger partial charge in [-0.05, 0) is 60.7 Å². The molecule has 1 aromatic heterocycles. The van der Waals surface area contributed by atoms with Crippen LogP contribution in [0, 0.1) is 0 Å². The first-order valence-electron chi connectivity index (χ1n) is 7.70. The Morgan fingerprint density at radius 3 is 2.08 bits per heavy atom. The van der Waals surface area contributed by atoms with E-state index in [0.29, 0.717) is 23.0 Å². The number of carboxylic acid groups (broad SMARTS) is 1. The number of benzene rings is 2. The zero-order valence-electron chi connectivity index (χ0n) is 13.5. The number of hydrogen-bond donors (Lipinski definition) is 3. The monoisotopic (exact) mass is 349 g/mol. The van der Waals surface area contributed by atoms with Gasteiger partial charge in [0.05, 0.1) is 5.56 Å². The Labute approximate surface area is 149 Å². The van der Waals surface area contributed by atoms with E-state index in [0.717, 1.165) is 0 Å². The van der Waals surface area contributed by atoms with Gasteiger partial charge in [-0.15, -0.1) is 0 Å². The largest absolute Gasteiger partial charge is 0.478 e. The Bertz CT molecular complexity index is 894. The zero-order chi connectivity index (χ0) is 18.4. The Morgan fingerprint density at radius 2 is 1.50 bits per heavy atom. The molecule has 0 spiro atoms. The summed E-state index contributed by atoms with van der Waals surface area (Å²) < 4.78 is 5.64. The van der Waals surface area contributed by atoms with Crippen LogP contribution in [-0.2, 0) is 0 Å². The number of nitrogens with one attached hydrogen (secondary N) is 2. The quantitative estimate of drug-likeness (QED) is 0.640. The molecule has 0 unspecified atom stereocenters. The summed E-state index contributed by atoms with van der Waals surface area (Å²) in [6.45, 7) is 0. The number of aromatic carboxylic acids is 1. The van der Waals surface area contributed by atoms with E-state index < -0.39 is 12.0 Å². The molecule has 0 fully saturated rings. The minimum absolute atomic E-state index is 0.191. The molecule has 0 aliphatic rings. The highest BCUT2D eigenvalue weighted by molar-refractivity contribution is 5.99. The van der Waals surface area contributed by atoms with Crippen LogP contribution in [0.4, 0.5) is 16.3 Å². The van der Waals surface area contributed by atoms with Crippen molar-refractivity contribution in [3.8, 4) is 11.5 Å². The second-order valence-electron chi connectivity index (χ2n) is 5.25. The fraction of sp³-hybridized carbons (Fsp3) is 0. The highest BCUT2D eigenvalue weighted by atomic mass is 16.5. The second-order valence-corrected chi connectivity index (χ2v) is 5.25. The standard InChI is InChI=1S/C19H15N3O4/c23-18(24)13-4-8-15(9-5-13)26-16-10-6-14(7-11-16)21-19(25)22-17-3-1-2-12-20-17/h1-12H,(H,23,24)(H2,20,21,22,25). The van der Waals surface area contributed by atoms with Crippen molar-refractivity contribution < 1.29 is 19.4 Å². The third-order valence-corrected chi connectivity index (χ3v) is 3.36. The molecule has 130 valence electrons. The number of nitrogens with zero attached hydrogens (tertiary/aromatic N) is 1. The molecule has 0 radical (unpaired) electrons. The van der Waals surface area contributed by atoms with Crippen molar-refractivity contribution in [3.63, 3.8) is 0 Å². The van der Waals surface area contributed by atoms with E-state index in [1.807, 2.05) is 0 Å². The number of carboxylic acids is 1. The van der Waals surface area contributed by atoms with Gasteiger partial charge in [0, 0.05) is 11.9 Å². The molecule has 3 rings (SSSR count). The molecule has 0 saturated heterocycles. The van der Waals surface area contributed by atoms with Gasteiger partial charge in [-0.25, -0.2) is 14.6 Å². The number of urea groups is 1. The number of carbonyl (C=O) groups excluding carboxylic acids is 1. The van der Waals surface area contributed by atoms with Gasteiger partial charge in [-0.2, -0.15) is 0 Å². The van der Waals surface area contributed by atoms with Crippen LogP contribution in [0.15, 0.2) is 72.9 Å². The van der Waals surface area contributed by atoms with Crippen LogP contribution in [0.1, 0.15) is 10.4 Å². The van der Waals surface area contributed by atoms with Crippen LogP contribution < -0.4 is 15.4 Å². The average Bonchev–Trinajstić information content (AvgIpc) is 2.64. The molecule has 7 nitrogen and oxygen atoms in total.